The minimum Gasteiger partial charge on any atom is -0.496 e. The van der Waals surface area contributed by atoms with Gasteiger partial charge in [0.15, 0.2) is 0 Å². The average molecular weight is 378 g/mol. The van der Waals surface area contributed by atoms with E-state index in [1.165, 1.54) is 5.56 Å². The molecule has 0 N–H and O–H groups in total. The zero-order chi connectivity index (χ0) is 19.0. The fourth-order valence-corrected chi connectivity index (χ4v) is 6.23. The van der Waals surface area contributed by atoms with Crippen LogP contribution >= 0.6 is 7.37 Å². The van der Waals surface area contributed by atoms with E-state index in [0.29, 0.717) is 11.9 Å². The molecule has 1 atom stereocenters. The van der Waals surface area contributed by atoms with E-state index in [0.717, 1.165) is 39.7 Å². The zero-order valence-electron chi connectivity index (χ0n) is 15.9. The average Bonchev–Trinajstić information content (AvgIpc) is 2.68. The van der Waals surface area contributed by atoms with E-state index < -0.39 is 7.37 Å². The summed E-state index contributed by atoms with van der Waals surface area (Å²) >= 11 is 0. The van der Waals surface area contributed by atoms with Gasteiger partial charge in [-0.1, -0.05) is 55.5 Å². The van der Waals surface area contributed by atoms with Crippen LogP contribution in [0.4, 0.5) is 0 Å². The summed E-state index contributed by atoms with van der Waals surface area (Å²) in [7, 11) is -1.46. The van der Waals surface area contributed by atoms with Crippen molar-refractivity contribution >= 4 is 12.7 Å². The van der Waals surface area contributed by atoms with Crippen LogP contribution in [0.1, 0.15) is 23.6 Å². The molecule has 3 nitrogen and oxygen atoms in total. The minimum atomic E-state index is -3.13. The topological polar surface area (TPSA) is 35.5 Å². The van der Waals surface area contributed by atoms with Crippen molar-refractivity contribution in [2.24, 2.45) is 0 Å². The monoisotopic (exact) mass is 378 g/mol. The Hall–Kier alpha value is -2.51. The number of methoxy groups -OCH3 is 1. The maximum atomic E-state index is 14.1. The molecule has 0 fully saturated rings. The third-order valence-corrected chi connectivity index (χ3v) is 7.47. The lowest BCUT2D eigenvalue weighted by Crippen LogP contribution is -2.19. The van der Waals surface area contributed by atoms with Crippen LogP contribution in [0, 0.1) is 6.92 Å². The third-order valence-electron chi connectivity index (χ3n) is 5.10. The molecule has 0 aromatic heterocycles. The molecule has 0 spiro atoms. The zero-order valence-corrected chi connectivity index (χ0v) is 16.8. The van der Waals surface area contributed by atoms with Gasteiger partial charge in [0.2, 0.25) is 0 Å². The van der Waals surface area contributed by atoms with Gasteiger partial charge in [0.05, 0.1) is 18.6 Å². The molecule has 138 valence electrons. The lowest BCUT2D eigenvalue weighted by Gasteiger charge is -2.29. The van der Waals surface area contributed by atoms with E-state index in [1.807, 2.05) is 55.5 Å². The lowest BCUT2D eigenvalue weighted by atomic mass is 10.0. The van der Waals surface area contributed by atoms with E-state index in [1.54, 1.807) is 7.11 Å². The number of benzene rings is 3. The molecule has 3 aromatic rings. The first kappa shape index (κ1) is 17.9. The maximum absolute atomic E-state index is 14.1. The van der Waals surface area contributed by atoms with Crippen molar-refractivity contribution in [2.75, 3.05) is 7.11 Å². The SMILES string of the molecule is CCc1cc(C)c(OC)c(CP2(=O)Oc3ccccc3-c3ccccc32)c1. The van der Waals surface area contributed by atoms with Crippen LogP contribution in [0.5, 0.6) is 11.5 Å². The molecule has 0 aliphatic carbocycles. The summed E-state index contributed by atoms with van der Waals surface area (Å²) in [5.74, 6) is 1.48. The smallest absolute Gasteiger partial charge is 0.282 e. The quantitative estimate of drug-likeness (QED) is 0.544. The largest absolute Gasteiger partial charge is 0.496 e. The number of hydrogen-bond acceptors (Lipinski definition) is 3. The van der Waals surface area contributed by atoms with Crippen LogP contribution in [0.2, 0.25) is 0 Å². The Bertz CT molecular complexity index is 1060. The van der Waals surface area contributed by atoms with Crippen molar-refractivity contribution in [1.29, 1.82) is 0 Å². The Labute approximate surface area is 160 Å². The summed E-state index contributed by atoms with van der Waals surface area (Å²) in [6.07, 6.45) is 1.23. The molecule has 1 aliphatic rings. The van der Waals surface area contributed by atoms with Crippen molar-refractivity contribution in [3.63, 3.8) is 0 Å². The number of aryl methyl sites for hydroxylation is 2. The van der Waals surface area contributed by atoms with Gasteiger partial charge in [-0.05, 0) is 42.2 Å². The van der Waals surface area contributed by atoms with Crippen LogP contribution < -0.4 is 14.6 Å². The second-order valence-electron chi connectivity index (χ2n) is 6.89. The lowest BCUT2D eigenvalue weighted by molar-refractivity contribution is 0.407. The molecule has 0 amide bonds. The molecule has 0 radical (unpaired) electrons. The first-order valence-electron chi connectivity index (χ1n) is 9.20. The Balaban J connectivity index is 1.86. The van der Waals surface area contributed by atoms with Crippen molar-refractivity contribution in [3.8, 4) is 22.6 Å². The molecule has 1 aliphatic heterocycles. The van der Waals surface area contributed by atoms with Gasteiger partial charge in [0.25, 0.3) is 7.37 Å². The highest BCUT2D eigenvalue weighted by Gasteiger charge is 2.36. The molecule has 0 saturated heterocycles. The van der Waals surface area contributed by atoms with Crippen molar-refractivity contribution in [1.82, 2.24) is 0 Å². The second kappa shape index (κ2) is 6.90. The molecule has 4 heteroatoms. The van der Waals surface area contributed by atoms with Crippen LogP contribution in [0.25, 0.3) is 11.1 Å². The first-order valence-corrected chi connectivity index (χ1v) is 11.0. The molecule has 1 heterocycles. The Kier molecular flexibility index (Phi) is 4.57. The van der Waals surface area contributed by atoms with Crippen LogP contribution in [-0.2, 0) is 17.1 Å². The fourth-order valence-electron chi connectivity index (χ4n) is 3.86. The summed E-state index contributed by atoms with van der Waals surface area (Å²) in [6, 6.07) is 19.9. The van der Waals surface area contributed by atoms with Crippen molar-refractivity contribution in [3.05, 3.63) is 77.4 Å². The Morgan fingerprint density at radius 3 is 2.44 bits per heavy atom. The summed E-state index contributed by atoms with van der Waals surface area (Å²) in [6.45, 7) is 4.15. The second-order valence-corrected chi connectivity index (χ2v) is 9.22. The third kappa shape index (κ3) is 3.07. The molecule has 27 heavy (non-hydrogen) atoms. The number of fused-ring (bicyclic) bond motifs is 3. The number of ether oxygens (including phenoxy) is 1. The molecular weight excluding hydrogens is 355 g/mol. The normalized spacial score (nSPS) is 17.6. The first-order chi connectivity index (χ1) is 13.1. The van der Waals surface area contributed by atoms with E-state index in [9.17, 15) is 4.57 Å². The predicted octanol–water partition coefficient (Wildman–Crippen LogP) is 5.73. The highest BCUT2D eigenvalue weighted by atomic mass is 31.2. The van der Waals surface area contributed by atoms with Gasteiger partial charge in [0, 0.05) is 11.1 Å². The predicted molar refractivity (Wildman–Crippen MR) is 111 cm³/mol. The van der Waals surface area contributed by atoms with Crippen molar-refractivity contribution in [2.45, 2.75) is 26.4 Å². The standard InChI is InChI=1S/C23H23O3P/c1-4-17-13-16(2)23(25-3)18(14-17)15-27(24)22-12-8-6-10-20(22)19-9-5-7-11-21(19)26-27/h5-14H,4,15H2,1-3H3. The van der Waals surface area contributed by atoms with E-state index in [4.69, 9.17) is 9.26 Å². The van der Waals surface area contributed by atoms with Gasteiger partial charge in [-0.2, -0.15) is 0 Å². The van der Waals surface area contributed by atoms with Crippen LogP contribution in [0.3, 0.4) is 0 Å². The van der Waals surface area contributed by atoms with Gasteiger partial charge in [-0.25, -0.2) is 0 Å². The highest BCUT2D eigenvalue weighted by molar-refractivity contribution is 7.67. The molecule has 1 unspecified atom stereocenters. The minimum absolute atomic E-state index is 0.316. The van der Waals surface area contributed by atoms with Gasteiger partial charge < -0.3 is 9.26 Å². The number of rotatable bonds is 4. The molecular formula is C23H23O3P. The molecule has 0 saturated carbocycles. The molecule has 0 bridgehead atoms. The summed E-state index contributed by atoms with van der Waals surface area (Å²) in [4.78, 5) is 0. The number of para-hydroxylation sites is 1. The van der Waals surface area contributed by atoms with Gasteiger partial charge in [0.1, 0.15) is 11.5 Å². The van der Waals surface area contributed by atoms with Crippen LogP contribution in [-0.4, -0.2) is 7.11 Å². The van der Waals surface area contributed by atoms with Crippen molar-refractivity contribution < 1.29 is 13.8 Å². The summed E-state index contributed by atoms with van der Waals surface area (Å²) in [5, 5.41) is 0.783. The summed E-state index contributed by atoms with van der Waals surface area (Å²) in [5.41, 5.74) is 5.19. The van der Waals surface area contributed by atoms with Crippen LogP contribution in [0.15, 0.2) is 60.7 Å². The van der Waals surface area contributed by atoms with Gasteiger partial charge >= 0.3 is 0 Å². The fraction of sp³-hybridized carbons (Fsp3) is 0.217. The van der Waals surface area contributed by atoms with Gasteiger partial charge in [-0.15, -0.1) is 0 Å². The highest BCUT2D eigenvalue weighted by Crippen LogP contribution is 2.57. The van der Waals surface area contributed by atoms with E-state index in [2.05, 4.69) is 19.1 Å². The summed E-state index contributed by atoms with van der Waals surface area (Å²) < 4.78 is 25.9. The van der Waals surface area contributed by atoms with E-state index >= 15 is 0 Å². The van der Waals surface area contributed by atoms with E-state index in [-0.39, 0.29) is 0 Å². The molecule has 4 rings (SSSR count). The molecule has 3 aromatic carbocycles. The number of hydrogen-bond donors (Lipinski definition) is 0. The Morgan fingerprint density at radius 1 is 1.00 bits per heavy atom. The van der Waals surface area contributed by atoms with Gasteiger partial charge in [-0.3, -0.25) is 4.57 Å². The maximum Gasteiger partial charge on any atom is 0.282 e. The Morgan fingerprint density at radius 2 is 1.70 bits per heavy atom.